The van der Waals surface area contributed by atoms with Gasteiger partial charge in [0.1, 0.15) is 6.61 Å². The van der Waals surface area contributed by atoms with Gasteiger partial charge in [0.2, 0.25) is 0 Å². The summed E-state index contributed by atoms with van der Waals surface area (Å²) in [4.78, 5) is 19.1. The Morgan fingerprint density at radius 3 is 2.10 bits per heavy atom. The van der Waals surface area contributed by atoms with E-state index in [4.69, 9.17) is 4.74 Å². The fourth-order valence-corrected chi connectivity index (χ4v) is 6.43. The van der Waals surface area contributed by atoms with Crippen molar-refractivity contribution in [1.29, 1.82) is 0 Å². The Kier molecular flexibility index (Phi) is 15.0. The summed E-state index contributed by atoms with van der Waals surface area (Å²) in [5, 5.41) is 0. The van der Waals surface area contributed by atoms with Crippen molar-refractivity contribution in [2.75, 3.05) is 33.2 Å². The Labute approximate surface area is 259 Å². The number of amides is 1. The second-order valence-corrected chi connectivity index (χ2v) is 12.2. The molecule has 1 saturated heterocycles. The highest BCUT2D eigenvalue weighted by molar-refractivity contribution is 7.97. The van der Waals surface area contributed by atoms with E-state index >= 15 is 0 Å². The molecule has 0 saturated carbocycles. The molecule has 0 N–H and O–H groups in total. The maximum absolute atomic E-state index is 13.2. The fourth-order valence-electron chi connectivity index (χ4n) is 5.54. The summed E-state index contributed by atoms with van der Waals surface area (Å²) in [6.07, 6.45) is 3.84. The van der Waals surface area contributed by atoms with Crippen LogP contribution >= 0.6 is 11.9 Å². The van der Waals surface area contributed by atoms with Gasteiger partial charge in [-0.15, -0.1) is 0 Å². The van der Waals surface area contributed by atoms with Gasteiger partial charge in [-0.1, -0.05) is 99.6 Å². The van der Waals surface area contributed by atoms with Crippen molar-refractivity contribution in [1.82, 2.24) is 14.1 Å². The number of ether oxygens (including phenoxy) is 1. The van der Waals surface area contributed by atoms with Gasteiger partial charge in [0.25, 0.3) is 0 Å². The van der Waals surface area contributed by atoms with Crippen molar-refractivity contribution in [3.8, 4) is 0 Å². The first-order valence-corrected chi connectivity index (χ1v) is 16.5. The number of hydrogen-bond acceptors (Lipinski definition) is 5. The van der Waals surface area contributed by atoms with Crippen LogP contribution in [0.25, 0.3) is 0 Å². The van der Waals surface area contributed by atoms with Crippen molar-refractivity contribution in [3.63, 3.8) is 0 Å². The topological polar surface area (TPSA) is 36.0 Å². The Bertz CT molecular complexity index is 1120. The van der Waals surface area contributed by atoms with Crippen LogP contribution in [0, 0.1) is 0 Å². The van der Waals surface area contributed by atoms with Crippen LogP contribution in [0.15, 0.2) is 95.9 Å². The number of benzene rings is 3. The first kappa shape index (κ1) is 33.7. The lowest BCUT2D eigenvalue weighted by Gasteiger charge is -2.41. The number of likely N-dealkylation sites (tertiary alicyclic amines) is 1. The van der Waals surface area contributed by atoms with Gasteiger partial charge in [-0.2, -0.15) is 0 Å². The molecule has 0 spiro atoms. The number of carbonyl (C=O) groups is 1. The van der Waals surface area contributed by atoms with Crippen molar-refractivity contribution >= 4 is 18.0 Å². The molecular formula is C36H51N3O2S. The van der Waals surface area contributed by atoms with Crippen LogP contribution in [-0.4, -0.2) is 65.5 Å². The van der Waals surface area contributed by atoms with E-state index in [0.29, 0.717) is 12.5 Å². The molecule has 5 nitrogen and oxygen atoms in total. The number of hydrogen-bond donors (Lipinski definition) is 0. The minimum Gasteiger partial charge on any atom is -0.445 e. The van der Waals surface area contributed by atoms with Gasteiger partial charge in [0.05, 0.1) is 0 Å². The van der Waals surface area contributed by atoms with E-state index in [-0.39, 0.29) is 18.2 Å². The summed E-state index contributed by atoms with van der Waals surface area (Å²) >= 11 is 1.81. The van der Waals surface area contributed by atoms with Crippen molar-refractivity contribution in [2.45, 2.75) is 82.9 Å². The average Bonchev–Trinajstić information content (AvgIpc) is 3.05. The van der Waals surface area contributed by atoms with Crippen LogP contribution in [0.3, 0.4) is 0 Å². The van der Waals surface area contributed by atoms with Gasteiger partial charge in [-0.05, 0) is 87.3 Å². The highest BCUT2D eigenvalue weighted by Crippen LogP contribution is 2.28. The highest BCUT2D eigenvalue weighted by Gasteiger charge is 2.32. The summed E-state index contributed by atoms with van der Waals surface area (Å²) in [7, 11) is 2.19. The van der Waals surface area contributed by atoms with Gasteiger partial charge >= 0.3 is 6.09 Å². The molecule has 0 aromatic heterocycles. The molecule has 4 rings (SSSR count). The van der Waals surface area contributed by atoms with Crippen molar-refractivity contribution in [2.24, 2.45) is 0 Å². The molecular weight excluding hydrogens is 538 g/mol. The molecule has 1 fully saturated rings. The number of carbonyl (C=O) groups excluding carboxylic acids is 1. The average molecular weight is 590 g/mol. The Balaban J connectivity index is 0.00000237. The van der Waals surface area contributed by atoms with Crippen molar-refractivity contribution in [3.05, 3.63) is 102 Å². The van der Waals surface area contributed by atoms with Crippen LogP contribution in [0.4, 0.5) is 4.79 Å². The first-order valence-electron chi connectivity index (χ1n) is 15.7. The van der Waals surface area contributed by atoms with Crippen molar-refractivity contribution < 1.29 is 9.53 Å². The summed E-state index contributed by atoms with van der Waals surface area (Å²) in [5.41, 5.74) is 2.43. The molecule has 42 heavy (non-hydrogen) atoms. The Morgan fingerprint density at radius 1 is 0.929 bits per heavy atom. The molecule has 3 aromatic rings. The second kappa shape index (κ2) is 18.7. The molecule has 1 amide bonds. The minimum absolute atomic E-state index is 0.167. The zero-order chi connectivity index (χ0) is 30.2. The predicted molar refractivity (Wildman–Crippen MR) is 178 cm³/mol. The van der Waals surface area contributed by atoms with Crippen LogP contribution in [-0.2, 0) is 11.3 Å². The van der Waals surface area contributed by atoms with Crippen LogP contribution in [0.2, 0.25) is 0 Å². The third-order valence-corrected chi connectivity index (χ3v) is 8.92. The lowest BCUT2D eigenvalue weighted by molar-refractivity contribution is 0.0425. The molecule has 2 unspecified atom stereocenters. The van der Waals surface area contributed by atoms with E-state index in [9.17, 15) is 4.79 Å². The first-order chi connectivity index (χ1) is 20.5. The predicted octanol–water partition coefficient (Wildman–Crippen LogP) is 8.73. The summed E-state index contributed by atoms with van der Waals surface area (Å²) in [5.74, 6) is 0.463. The molecule has 228 valence electrons. The normalized spacial score (nSPS) is 15.4. The monoisotopic (exact) mass is 589 g/mol. The molecule has 2 atom stereocenters. The number of likely N-dealkylation sites (N-methyl/N-ethyl adjacent to an activating group) is 1. The smallest absolute Gasteiger partial charge is 0.410 e. The lowest BCUT2D eigenvalue weighted by atomic mass is 9.94. The Morgan fingerprint density at radius 2 is 1.50 bits per heavy atom. The highest BCUT2D eigenvalue weighted by atomic mass is 32.2. The van der Waals surface area contributed by atoms with E-state index in [0.717, 1.165) is 57.4 Å². The summed E-state index contributed by atoms with van der Waals surface area (Å²) in [6.45, 7) is 12.7. The van der Waals surface area contributed by atoms with Gasteiger partial charge in [-0.25, -0.2) is 9.10 Å². The van der Waals surface area contributed by atoms with E-state index in [1.807, 2.05) is 61.0 Å². The molecule has 0 aliphatic carbocycles. The number of piperidine rings is 1. The standard InChI is InChI=1S/C34H45N3O2S.C2H6/c1-4-28(2)37(34(38)39-27-29-14-8-5-9-15-29)32-21-24-36(25-22-32)23-20-31(30-16-10-6-11-17-30)26-35(3)40-33-18-12-7-13-19-33;1-2/h5-19,28,31-32H,4,20-27H2,1-3H3;1-2H3. The Hall–Kier alpha value is -2.80. The molecule has 1 aliphatic heterocycles. The van der Waals surface area contributed by atoms with E-state index in [2.05, 4.69) is 90.8 Å². The summed E-state index contributed by atoms with van der Waals surface area (Å²) < 4.78 is 8.13. The van der Waals surface area contributed by atoms with Crippen LogP contribution < -0.4 is 0 Å². The molecule has 6 heteroatoms. The zero-order valence-corrected chi connectivity index (χ0v) is 27.1. The molecule has 0 bridgehead atoms. The third kappa shape index (κ3) is 10.8. The van der Waals surface area contributed by atoms with Gasteiger partial charge in [-0.3, -0.25) is 0 Å². The molecule has 1 aliphatic rings. The van der Waals surface area contributed by atoms with Crippen LogP contribution in [0.1, 0.15) is 70.4 Å². The van der Waals surface area contributed by atoms with Gasteiger partial charge < -0.3 is 14.5 Å². The van der Waals surface area contributed by atoms with Gasteiger partial charge in [0.15, 0.2) is 0 Å². The summed E-state index contributed by atoms with van der Waals surface area (Å²) in [6, 6.07) is 31.9. The maximum Gasteiger partial charge on any atom is 0.410 e. The fraction of sp³-hybridized carbons (Fsp3) is 0.472. The minimum atomic E-state index is -0.181. The second-order valence-electron chi connectivity index (χ2n) is 10.9. The zero-order valence-electron chi connectivity index (χ0n) is 26.3. The van der Waals surface area contributed by atoms with E-state index in [1.165, 1.54) is 10.5 Å². The quantitative estimate of drug-likeness (QED) is 0.186. The van der Waals surface area contributed by atoms with E-state index in [1.54, 1.807) is 0 Å². The maximum atomic E-state index is 13.2. The van der Waals surface area contributed by atoms with Crippen LogP contribution in [0.5, 0.6) is 0 Å². The lowest BCUT2D eigenvalue weighted by Crippen LogP contribution is -2.51. The third-order valence-electron chi connectivity index (χ3n) is 7.98. The molecule has 0 radical (unpaired) electrons. The van der Waals surface area contributed by atoms with Gasteiger partial charge in [0, 0.05) is 36.6 Å². The number of nitrogens with zero attached hydrogens (tertiary/aromatic N) is 3. The molecule has 3 aromatic carbocycles. The SMILES string of the molecule is CC.CCC(C)N(C(=O)OCc1ccccc1)C1CCN(CCC(CN(C)Sc2ccccc2)c2ccccc2)CC1. The van der Waals surface area contributed by atoms with E-state index < -0.39 is 0 Å². The molecule has 1 heterocycles. The largest absolute Gasteiger partial charge is 0.445 e. The number of rotatable bonds is 13.